The summed E-state index contributed by atoms with van der Waals surface area (Å²) in [5.74, 6) is 0. The lowest BCUT2D eigenvalue weighted by atomic mass is 9.94. The number of allylic oxidation sites excluding steroid dienone is 1. The summed E-state index contributed by atoms with van der Waals surface area (Å²) >= 11 is 0. The lowest BCUT2D eigenvalue weighted by Gasteiger charge is -2.33. The average molecular weight is 164 g/mol. The Morgan fingerprint density at radius 2 is 2.00 bits per heavy atom. The molecule has 1 aliphatic carbocycles. The summed E-state index contributed by atoms with van der Waals surface area (Å²) < 4.78 is 0. The molecular formula is C10H16N2. The molecule has 1 fully saturated rings. The molecule has 0 unspecified atom stereocenters. The zero-order valence-electron chi connectivity index (χ0n) is 7.45. The van der Waals surface area contributed by atoms with Gasteiger partial charge in [-0.25, -0.2) is 0 Å². The first-order valence-corrected chi connectivity index (χ1v) is 4.89. The van der Waals surface area contributed by atoms with Crippen LogP contribution in [0.4, 0.5) is 0 Å². The third-order valence-corrected chi connectivity index (χ3v) is 2.76. The fourth-order valence-electron chi connectivity index (χ4n) is 2.05. The maximum atomic E-state index is 4.25. The molecule has 2 nitrogen and oxygen atoms in total. The van der Waals surface area contributed by atoms with Crippen LogP contribution in [0.5, 0.6) is 0 Å². The number of aliphatic imine (C=N–C) groups is 1. The number of hydrogen-bond acceptors (Lipinski definition) is 2. The van der Waals surface area contributed by atoms with Gasteiger partial charge in [0.1, 0.15) is 6.67 Å². The summed E-state index contributed by atoms with van der Waals surface area (Å²) in [5.41, 5.74) is 0. The summed E-state index contributed by atoms with van der Waals surface area (Å²) in [6.45, 7) is 0.876. The van der Waals surface area contributed by atoms with Gasteiger partial charge in [-0.1, -0.05) is 19.3 Å². The molecule has 1 saturated carbocycles. The Hall–Kier alpha value is -0.790. The quantitative estimate of drug-likeness (QED) is 0.580. The lowest BCUT2D eigenvalue weighted by Crippen LogP contribution is -2.33. The predicted octanol–water partition coefficient (Wildman–Crippen LogP) is 2.18. The fourth-order valence-corrected chi connectivity index (χ4v) is 2.05. The summed E-state index contributed by atoms with van der Waals surface area (Å²) in [6.07, 6.45) is 13.1. The molecule has 0 aromatic heterocycles. The summed E-state index contributed by atoms with van der Waals surface area (Å²) in [7, 11) is 0. The van der Waals surface area contributed by atoms with E-state index in [-0.39, 0.29) is 0 Å². The van der Waals surface area contributed by atoms with Crippen LogP contribution in [0.1, 0.15) is 32.1 Å². The zero-order chi connectivity index (χ0) is 8.23. The number of rotatable bonds is 1. The molecular weight excluding hydrogens is 148 g/mol. The van der Waals surface area contributed by atoms with Crippen LogP contribution >= 0.6 is 0 Å². The van der Waals surface area contributed by atoms with Crippen LogP contribution in [-0.2, 0) is 0 Å². The highest BCUT2D eigenvalue weighted by molar-refractivity contribution is 5.71. The molecule has 2 rings (SSSR count). The number of hydrogen-bond donors (Lipinski definition) is 0. The highest BCUT2D eigenvalue weighted by Crippen LogP contribution is 2.23. The van der Waals surface area contributed by atoms with Gasteiger partial charge in [0, 0.05) is 18.5 Å². The number of nitrogens with zero attached hydrogens (tertiary/aromatic N) is 2. The van der Waals surface area contributed by atoms with Crippen molar-refractivity contribution in [1.82, 2.24) is 4.90 Å². The van der Waals surface area contributed by atoms with E-state index in [1.54, 1.807) is 0 Å². The van der Waals surface area contributed by atoms with Gasteiger partial charge in [0.25, 0.3) is 0 Å². The first-order valence-electron chi connectivity index (χ1n) is 4.89. The second-order valence-corrected chi connectivity index (χ2v) is 3.62. The van der Waals surface area contributed by atoms with Gasteiger partial charge in [0.2, 0.25) is 0 Å². The molecule has 2 aliphatic rings. The lowest BCUT2D eigenvalue weighted by molar-refractivity contribution is 0.222. The Bertz CT molecular complexity index is 190. The minimum Gasteiger partial charge on any atom is -0.355 e. The Morgan fingerprint density at radius 3 is 2.67 bits per heavy atom. The van der Waals surface area contributed by atoms with Gasteiger partial charge >= 0.3 is 0 Å². The highest BCUT2D eigenvalue weighted by Gasteiger charge is 2.18. The molecule has 0 N–H and O–H groups in total. The van der Waals surface area contributed by atoms with Crippen LogP contribution in [0.3, 0.4) is 0 Å². The van der Waals surface area contributed by atoms with Crippen molar-refractivity contribution >= 4 is 6.21 Å². The Balaban J connectivity index is 1.90. The van der Waals surface area contributed by atoms with Crippen LogP contribution in [0.2, 0.25) is 0 Å². The summed E-state index contributed by atoms with van der Waals surface area (Å²) in [4.78, 5) is 6.62. The van der Waals surface area contributed by atoms with Crippen molar-refractivity contribution in [2.24, 2.45) is 4.99 Å². The van der Waals surface area contributed by atoms with E-state index in [9.17, 15) is 0 Å². The maximum absolute atomic E-state index is 4.25. The van der Waals surface area contributed by atoms with Gasteiger partial charge in [0.15, 0.2) is 0 Å². The van der Waals surface area contributed by atoms with Crippen LogP contribution in [0, 0.1) is 0 Å². The van der Waals surface area contributed by atoms with Gasteiger partial charge < -0.3 is 4.90 Å². The second kappa shape index (κ2) is 3.74. The Labute approximate surface area is 74.0 Å². The van der Waals surface area contributed by atoms with Gasteiger partial charge in [-0.05, 0) is 18.9 Å². The van der Waals surface area contributed by atoms with E-state index < -0.39 is 0 Å². The van der Waals surface area contributed by atoms with Gasteiger partial charge in [-0.2, -0.15) is 0 Å². The average Bonchev–Trinajstić information content (AvgIpc) is 2.21. The first kappa shape index (κ1) is 7.84. The van der Waals surface area contributed by atoms with Crippen molar-refractivity contribution in [3.63, 3.8) is 0 Å². The van der Waals surface area contributed by atoms with E-state index in [4.69, 9.17) is 0 Å². The molecule has 0 saturated heterocycles. The summed E-state index contributed by atoms with van der Waals surface area (Å²) in [5, 5.41) is 0. The van der Waals surface area contributed by atoms with Crippen molar-refractivity contribution in [2.45, 2.75) is 38.1 Å². The van der Waals surface area contributed by atoms with Gasteiger partial charge in [-0.3, -0.25) is 4.99 Å². The van der Waals surface area contributed by atoms with E-state index >= 15 is 0 Å². The molecule has 0 amide bonds. The third-order valence-electron chi connectivity index (χ3n) is 2.76. The SMILES string of the molecule is C1=CN(C2CCCCC2)CN=C1. The maximum Gasteiger partial charge on any atom is 0.110 e. The van der Waals surface area contributed by atoms with Crippen LogP contribution in [0.15, 0.2) is 17.3 Å². The molecule has 0 bridgehead atoms. The smallest absolute Gasteiger partial charge is 0.110 e. The molecule has 0 spiro atoms. The van der Waals surface area contributed by atoms with Crippen molar-refractivity contribution in [3.05, 3.63) is 12.3 Å². The monoisotopic (exact) mass is 164 g/mol. The molecule has 0 atom stereocenters. The fraction of sp³-hybridized carbons (Fsp3) is 0.700. The second-order valence-electron chi connectivity index (χ2n) is 3.62. The topological polar surface area (TPSA) is 15.6 Å². The van der Waals surface area contributed by atoms with Crippen LogP contribution in [0.25, 0.3) is 0 Å². The molecule has 1 heterocycles. The normalized spacial score (nSPS) is 24.8. The zero-order valence-corrected chi connectivity index (χ0v) is 7.45. The highest BCUT2D eigenvalue weighted by atomic mass is 15.2. The van der Waals surface area contributed by atoms with E-state index in [2.05, 4.69) is 16.1 Å². The molecule has 66 valence electrons. The molecule has 1 aliphatic heterocycles. The largest absolute Gasteiger partial charge is 0.355 e. The standard InChI is InChI=1S/C10H16N2/c1-2-5-10(6-3-1)12-8-4-7-11-9-12/h4,7-8,10H,1-3,5-6,9H2. The van der Waals surface area contributed by atoms with E-state index in [0.29, 0.717) is 0 Å². The summed E-state index contributed by atoms with van der Waals surface area (Å²) in [6, 6.07) is 0.771. The molecule has 0 aromatic carbocycles. The molecule has 0 aromatic rings. The van der Waals surface area contributed by atoms with Gasteiger partial charge in [0.05, 0.1) is 0 Å². The minimum atomic E-state index is 0.771. The van der Waals surface area contributed by atoms with E-state index in [1.165, 1.54) is 32.1 Å². The molecule has 2 heteroatoms. The Morgan fingerprint density at radius 1 is 1.17 bits per heavy atom. The van der Waals surface area contributed by atoms with Gasteiger partial charge in [-0.15, -0.1) is 0 Å². The van der Waals surface area contributed by atoms with E-state index in [1.807, 2.05) is 12.3 Å². The first-order chi connectivity index (χ1) is 5.97. The van der Waals surface area contributed by atoms with E-state index in [0.717, 1.165) is 12.7 Å². The van der Waals surface area contributed by atoms with Crippen molar-refractivity contribution in [2.75, 3.05) is 6.67 Å². The third kappa shape index (κ3) is 1.68. The van der Waals surface area contributed by atoms with Crippen molar-refractivity contribution in [1.29, 1.82) is 0 Å². The van der Waals surface area contributed by atoms with Crippen LogP contribution in [-0.4, -0.2) is 23.8 Å². The predicted molar refractivity (Wildman–Crippen MR) is 51.2 cm³/mol. The molecule has 0 radical (unpaired) electrons. The minimum absolute atomic E-state index is 0.771. The van der Waals surface area contributed by atoms with Crippen LogP contribution < -0.4 is 0 Å². The Kier molecular flexibility index (Phi) is 2.45. The van der Waals surface area contributed by atoms with Crippen molar-refractivity contribution in [3.8, 4) is 0 Å². The molecule has 12 heavy (non-hydrogen) atoms. The van der Waals surface area contributed by atoms with Crippen molar-refractivity contribution < 1.29 is 0 Å².